The third-order valence-corrected chi connectivity index (χ3v) is 4.77. The molecule has 7 heteroatoms. The lowest BCUT2D eigenvalue weighted by atomic mass is 9.96. The smallest absolute Gasteiger partial charge is 0.276 e. The SMILES string of the molecule is N#Cc1c(NC(=O)c2cnc(Cl)cn2)sc2c1CCCC2. The van der Waals surface area contributed by atoms with Gasteiger partial charge in [0, 0.05) is 4.88 Å². The zero-order chi connectivity index (χ0) is 14.8. The highest BCUT2D eigenvalue weighted by Gasteiger charge is 2.22. The topological polar surface area (TPSA) is 78.7 Å². The van der Waals surface area contributed by atoms with Gasteiger partial charge in [-0.2, -0.15) is 5.26 Å². The number of nitrogens with one attached hydrogen (secondary N) is 1. The van der Waals surface area contributed by atoms with Gasteiger partial charge in [0.15, 0.2) is 0 Å². The molecule has 0 atom stereocenters. The predicted molar refractivity (Wildman–Crippen MR) is 80.7 cm³/mol. The van der Waals surface area contributed by atoms with Gasteiger partial charge in [0.1, 0.15) is 21.9 Å². The first-order chi connectivity index (χ1) is 10.2. The van der Waals surface area contributed by atoms with Crippen LogP contribution in [0.5, 0.6) is 0 Å². The first-order valence-corrected chi connectivity index (χ1v) is 7.72. The number of nitriles is 1. The van der Waals surface area contributed by atoms with Gasteiger partial charge in [-0.3, -0.25) is 4.79 Å². The molecule has 1 N–H and O–H groups in total. The summed E-state index contributed by atoms with van der Waals surface area (Å²) in [6.07, 6.45) is 6.75. The summed E-state index contributed by atoms with van der Waals surface area (Å²) in [7, 11) is 0. The number of aromatic nitrogens is 2. The second-order valence-electron chi connectivity index (χ2n) is 4.71. The maximum atomic E-state index is 12.1. The lowest BCUT2D eigenvalue weighted by molar-refractivity contribution is 0.102. The lowest BCUT2D eigenvalue weighted by Gasteiger charge is -2.09. The Balaban J connectivity index is 1.88. The fraction of sp³-hybridized carbons (Fsp3) is 0.286. The Labute approximate surface area is 130 Å². The van der Waals surface area contributed by atoms with Gasteiger partial charge in [0.2, 0.25) is 0 Å². The van der Waals surface area contributed by atoms with Gasteiger partial charge in [-0.15, -0.1) is 11.3 Å². The zero-order valence-corrected chi connectivity index (χ0v) is 12.6. The maximum absolute atomic E-state index is 12.1. The number of rotatable bonds is 2. The van der Waals surface area contributed by atoms with Crippen molar-refractivity contribution >= 4 is 33.8 Å². The second-order valence-corrected chi connectivity index (χ2v) is 6.20. The van der Waals surface area contributed by atoms with Crippen molar-refractivity contribution in [1.29, 1.82) is 5.26 Å². The van der Waals surface area contributed by atoms with E-state index in [4.69, 9.17) is 11.6 Å². The van der Waals surface area contributed by atoms with Gasteiger partial charge >= 0.3 is 0 Å². The van der Waals surface area contributed by atoms with Gasteiger partial charge in [0.05, 0.1) is 18.0 Å². The van der Waals surface area contributed by atoms with Crippen LogP contribution in [0, 0.1) is 11.3 Å². The number of aryl methyl sites for hydroxylation is 1. The molecule has 0 aromatic carbocycles. The molecule has 0 spiro atoms. The molecule has 21 heavy (non-hydrogen) atoms. The van der Waals surface area contributed by atoms with E-state index < -0.39 is 0 Å². The predicted octanol–water partition coefficient (Wildman–Crippen LogP) is 3.19. The minimum absolute atomic E-state index is 0.176. The molecule has 106 valence electrons. The standard InChI is InChI=1S/C14H11ClN4OS/c15-12-7-17-10(6-18-12)13(20)19-14-9(5-16)8-3-1-2-4-11(8)21-14/h6-7H,1-4H2,(H,19,20). The van der Waals surface area contributed by atoms with Crippen molar-refractivity contribution in [1.82, 2.24) is 9.97 Å². The Morgan fingerprint density at radius 3 is 2.86 bits per heavy atom. The molecule has 0 unspecified atom stereocenters. The van der Waals surface area contributed by atoms with E-state index >= 15 is 0 Å². The third-order valence-electron chi connectivity index (χ3n) is 3.36. The number of halogens is 1. The average Bonchev–Trinajstić information content (AvgIpc) is 2.84. The molecule has 2 aromatic heterocycles. The van der Waals surface area contributed by atoms with E-state index in [1.54, 1.807) is 0 Å². The number of hydrogen-bond acceptors (Lipinski definition) is 5. The summed E-state index contributed by atoms with van der Waals surface area (Å²) in [4.78, 5) is 21.1. The summed E-state index contributed by atoms with van der Waals surface area (Å²) in [5.74, 6) is -0.380. The quantitative estimate of drug-likeness (QED) is 0.922. The van der Waals surface area contributed by atoms with Gasteiger partial charge in [-0.05, 0) is 31.2 Å². The van der Waals surface area contributed by atoms with E-state index in [-0.39, 0.29) is 16.8 Å². The fourth-order valence-electron chi connectivity index (χ4n) is 2.37. The number of carbonyl (C=O) groups excluding carboxylic acids is 1. The summed E-state index contributed by atoms with van der Waals surface area (Å²) in [5.41, 5.74) is 1.85. The largest absolute Gasteiger partial charge is 0.311 e. The van der Waals surface area contributed by atoms with E-state index in [1.165, 1.54) is 28.6 Å². The van der Waals surface area contributed by atoms with Crippen LogP contribution >= 0.6 is 22.9 Å². The van der Waals surface area contributed by atoms with Crippen LogP contribution in [-0.2, 0) is 12.8 Å². The van der Waals surface area contributed by atoms with Crippen LogP contribution in [0.1, 0.15) is 39.3 Å². The van der Waals surface area contributed by atoms with E-state index in [2.05, 4.69) is 21.4 Å². The van der Waals surface area contributed by atoms with Crippen molar-refractivity contribution in [3.8, 4) is 6.07 Å². The molecule has 2 aromatic rings. The molecule has 1 amide bonds. The highest BCUT2D eigenvalue weighted by atomic mass is 35.5. The zero-order valence-electron chi connectivity index (χ0n) is 11.0. The third kappa shape index (κ3) is 2.75. The Hall–Kier alpha value is -1.97. The van der Waals surface area contributed by atoms with E-state index in [0.29, 0.717) is 10.6 Å². The minimum Gasteiger partial charge on any atom is -0.311 e. The summed E-state index contributed by atoms with van der Waals surface area (Å²) in [6, 6.07) is 2.21. The van der Waals surface area contributed by atoms with Gasteiger partial charge in [-0.1, -0.05) is 11.6 Å². The van der Waals surface area contributed by atoms with Crippen LogP contribution in [0.4, 0.5) is 5.00 Å². The van der Waals surface area contributed by atoms with E-state index in [1.807, 2.05) is 0 Å². The van der Waals surface area contributed by atoms with Crippen LogP contribution < -0.4 is 5.32 Å². The number of thiophene rings is 1. The van der Waals surface area contributed by atoms with Crippen LogP contribution in [0.3, 0.4) is 0 Å². The Kier molecular flexibility index (Phi) is 3.86. The van der Waals surface area contributed by atoms with E-state index in [9.17, 15) is 10.1 Å². The number of fused-ring (bicyclic) bond motifs is 1. The fourth-order valence-corrected chi connectivity index (χ4v) is 3.70. The molecule has 0 aliphatic heterocycles. The summed E-state index contributed by atoms with van der Waals surface area (Å²) >= 11 is 7.13. The van der Waals surface area contributed by atoms with Gasteiger partial charge < -0.3 is 5.32 Å². The van der Waals surface area contributed by atoms with Crippen molar-refractivity contribution in [2.45, 2.75) is 25.7 Å². The highest BCUT2D eigenvalue weighted by Crippen LogP contribution is 2.37. The molecule has 0 fully saturated rings. The average molecular weight is 319 g/mol. The Morgan fingerprint density at radius 2 is 2.14 bits per heavy atom. The molecule has 5 nitrogen and oxygen atoms in total. The molecular formula is C14H11ClN4OS. The molecule has 1 aliphatic carbocycles. The summed E-state index contributed by atoms with van der Waals surface area (Å²) in [6.45, 7) is 0. The second kappa shape index (κ2) is 5.80. The summed E-state index contributed by atoms with van der Waals surface area (Å²) in [5, 5.41) is 12.9. The van der Waals surface area contributed by atoms with Crippen molar-refractivity contribution in [3.05, 3.63) is 39.2 Å². The minimum atomic E-state index is -0.380. The molecule has 0 saturated heterocycles. The monoisotopic (exact) mass is 318 g/mol. The van der Waals surface area contributed by atoms with Crippen molar-refractivity contribution in [2.75, 3.05) is 5.32 Å². The maximum Gasteiger partial charge on any atom is 0.276 e. The number of carbonyl (C=O) groups is 1. The van der Waals surface area contributed by atoms with Crippen molar-refractivity contribution in [2.24, 2.45) is 0 Å². The number of nitrogens with zero attached hydrogens (tertiary/aromatic N) is 3. The normalized spacial score (nSPS) is 13.3. The molecule has 2 heterocycles. The molecule has 0 radical (unpaired) electrons. The highest BCUT2D eigenvalue weighted by molar-refractivity contribution is 7.16. The van der Waals surface area contributed by atoms with Crippen LogP contribution in [0.2, 0.25) is 5.15 Å². The van der Waals surface area contributed by atoms with Crippen molar-refractivity contribution < 1.29 is 4.79 Å². The first-order valence-electron chi connectivity index (χ1n) is 6.52. The summed E-state index contributed by atoms with van der Waals surface area (Å²) < 4.78 is 0. The lowest BCUT2D eigenvalue weighted by Crippen LogP contribution is -2.13. The number of anilines is 1. The van der Waals surface area contributed by atoms with Crippen LogP contribution in [-0.4, -0.2) is 15.9 Å². The molecule has 0 saturated carbocycles. The van der Waals surface area contributed by atoms with E-state index in [0.717, 1.165) is 31.2 Å². The van der Waals surface area contributed by atoms with Crippen LogP contribution in [0.15, 0.2) is 12.4 Å². The Morgan fingerprint density at radius 1 is 1.33 bits per heavy atom. The number of hydrogen-bond donors (Lipinski definition) is 1. The molecule has 0 bridgehead atoms. The molecule has 3 rings (SSSR count). The first kappa shape index (κ1) is 14.0. The molecular weight excluding hydrogens is 308 g/mol. The van der Waals surface area contributed by atoms with Gasteiger partial charge in [0.25, 0.3) is 5.91 Å². The van der Waals surface area contributed by atoms with Crippen LogP contribution in [0.25, 0.3) is 0 Å². The van der Waals surface area contributed by atoms with Crippen molar-refractivity contribution in [3.63, 3.8) is 0 Å². The number of amides is 1. The molecule has 1 aliphatic rings. The Bertz CT molecular complexity index is 733. The van der Waals surface area contributed by atoms with Gasteiger partial charge in [-0.25, -0.2) is 9.97 Å².